The number of alkyl halides is 3. The van der Waals surface area contributed by atoms with Gasteiger partial charge in [-0.15, -0.1) is 0 Å². The van der Waals surface area contributed by atoms with Gasteiger partial charge in [-0.3, -0.25) is 9.10 Å². The number of rotatable bonds is 8. The maximum atomic E-state index is 12.8. The predicted molar refractivity (Wildman–Crippen MR) is 108 cm³/mol. The topological polar surface area (TPSA) is 75.7 Å². The molecule has 6 nitrogen and oxygen atoms in total. The summed E-state index contributed by atoms with van der Waals surface area (Å²) in [4.78, 5) is 12.3. The highest BCUT2D eigenvalue weighted by Gasteiger charge is 2.30. The summed E-state index contributed by atoms with van der Waals surface area (Å²) in [5.41, 5.74) is -0.308. The number of nitrogens with zero attached hydrogens (tertiary/aromatic N) is 1. The summed E-state index contributed by atoms with van der Waals surface area (Å²) in [5, 5.41) is 2.45. The monoisotopic (exact) mass is 444 g/mol. The molecule has 1 N–H and O–H groups in total. The van der Waals surface area contributed by atoms with Gasteiger partial charge in [-0.05, 0) is 55.8 Å². The van der Waals surface area contributed by atoms with E-state index in [1.807, 2.05) is 13.8 Å². The van der Waals surface area contributed by atoms with Crippen molar-refractivity contribution in [2.75, 3.05) is 17.1 Å². The predicted octanol–water partition coefficient (Wildman–Crippen LogP) is 3.58. The largest absolute Gasteiger partial charge is 0.491 e. The molecule has 0 unspecified atom stereocenters. The standard InChI is InChI=1S/C20H23F3N2O4S/c1-14(2)29-18-9-7-17(8-10-18)25(30(3,27)28)13-19(26)24-12-15-5-4-6-16(11-15)20(21,22)23/h4-11,14H,12-13H2,1-3H3,(H,24,26). The molecule has 0 atom stereocenters. The van der Waals surface area contributed by atoms with Crippen molar-refractivity contribution in [2.45, 2.75) is 32.7 Å². The van der Waals surface area contributed by atoms with Gasteiger partial charge >= 0.3 is 6.18 Å². The van der Waals surface area contributed by atoms with Crippen molar-refractivity contribution in [1.29, 1.82) is 0 Å². The van der Waals surface area contributed by atoms with Crippen molar-refractivity contribution in [3.8, 4) is 5.75 Å². The Hall–Kier alpha value is -2.75. The van der Waals surface area contributed by atoms with Crippen molar-refractivity contribution in [1.82, 2.24) is 5.32 Å². The average molecular weight is 444 g/mol. The molecule has 1 amide bonds. The molecule has 0 aliphatic carbocycles. The summed E-state index contributed by atoms with van der Waals surface area (Å²) in [6, 6.07) is 10.8. The summed E-state index contributed by atoms with van der Waals surface area (Å²) in [5.74, 6) is -0.100. The molecule has 30 heavy (non-hydrogen) atoms. The van der Waals surface area contributed by atoms with Gasteiger partial charge in [0, 0.05) is 6.54 Å². The molecule has 0 heterocycles. The maximum Gasteiger partial charge on any atom is 0.416 e. The molecule has 0 aromatic heterocycles. The van der Waals surface area contributed by atoms with Crippen molar-refractivity contribution < 1.29 is 31.1 Å². The molecule has 2 aromatic rings. The van der Waals surface area contributed by atoms with Gasteiger partial charge < -0.3 is 10.1 Å². The van der Waals surface area contributed by atoms with E-state index in [1.54, 1.807) is 12.1 Å². The lowest BCUT2D eigenvalue weighted by Crippen LogP contribution is -2.40. The number of nitrogens with one attached hydrogen (secondary N) is 1. The van der Waals surface area contributed by atoms with Gasteiger partial charge in [0.25, 0.3) is 0 Å². The van der Waals surface area contributed by atoms with E-state index in [0.717, 1.165) is 22.7 Å². The van der Waals surface area contributed by atoms with Crippen LogP contribution in [-0.4, -0.2) is 33.2 Å². The van der Waals surface area contributed by atoms with E-state index in [2.05, 4.69) is 5.32 Å². The Kier molecular flexibility index (Phi) is 7.35. The molecule has 0 bridgehead atoms. The van der Waals surface area contributed by atoms with Gasteiger partial charge in [-0.1, -0.05) is 12.1 Å². The Labute approximate surface area is 173 Å². The van der Waals surface area contributed by atoms with E-state index in [0.29, 0.717) is 5.75 Å². The SMILES string of the molecule is CC(C)Oc1ccc(N(CC(=O)NCc2cccc(C(F)(F)F)c2)S(C)(=O)=O)cc1. The number of carbonyl (C=O) groups is 1. The van der Waals surface area contributed by atoms with Crippen LogP contribution in [0.2, 0.25) is 0 Å². The summed E-state index contributed by atoms with van der Waals surface area (Å²) in [6.07, 6.45) is -3.58. The molecule has 0 saturated carbocycles. The lowest BCUT2D eigenvalue weighted by atomic mass is 10.1. The molecule has 0 aliphatic heterocycles. The summed E-state index contributed by atoms with van der Waals surface area (Å²) in [6.45, 7) is 3.03. The molecule has 2 aromatic carbocycles. The number of benzene rings is 2. The molecule has 0 saturated heterocycles. The van der Waals surface area contributed by atoms with Gasteiger partial charge in [0.2, 0.25) is 15.9 Å². The van der Waals surface area contributed by atoms with E-state index in [4.69, 9.17) is 4.74 Å². The first-order valence-electron chi connectivity index (χ1n) is 9.03. The molecule has 2 rings (SSSR count). The molecule has 0 fully saturated rings. The molecule has 10 heteroatoms. The number of sulfonamides is 1. The summed E-state index contributed by atoms with van der Waals surface area (Å²) < 4.78 is 69.1. The third-order valence-electron chi connectivity index (χ3n) is 3.93. The highest BCUT2D eigenvalue weighted by Crippen LogP contribution is 2.29. The van der Waals surface area contributed by atoms with Crippen LogP contribution in [0.15, 0.2) is 48.5 Å². The fourth-order valence-electron chi connectivity index (χ4n) is 2.61. The van der Waals surface area contributed by atoms with Gasteiger partial charge in [0.15, 0.2) is 0 Å². The van der Waals surface area contributed by atoms with Crippen molar-refractivity contribution >= 4 is 21.6 Å². The number of halogens is 3. The van der Waals surface area contributed by atoms with E-state index in [-0.39, 0.29) is 23.9 Å². The third-order valence-corrected chi connectivity index (χ3v) is 5.07. The first-order chi connectivity index (χ1) is 13.9. The second-order valence-corrected chi connectivity index (χ2v) is 8.81. The second-order valence-electron chi connectivity index (χ2n) is 6.91. The zero-order valence-corrected chi connectivity index (χ0v) is 17.5. The van der Waals surface area contributed by atoms with Gasteiger partial charge in [0.1, 0.15) is 12.3 Å². The van der Waals surface area contributed by atoms with Crippen LogP contribution in [0.3, 0.4) is 0 Å². The Morgan fingerprint density at radius 1 is 1.13 bits per heavy atom. The number of anilines is 1. The molecule has 0 spiro atoms. The smallest absolute Gasteiger partial charge is 0.416 e. The van der Waals surface area contributed by atoms with Gasteiger partial charge in [0.05, 0.1) is 23.6 Å². The zero-order chi connectivity index (χ0) is 22.5. The van der Waals surface area contributed by atoms with Crippen LogP contribution in [0.25, 0.3) is 0 Å². The highest BCUT2D eigenvalue weighted by molar-refractivity contribution is 7.92. The number of amides is 1. The number of hydrogen-bond acceptors (Lipinski definition) is 4. The van der Waals surface area contributed by atoms with Crippen LogP contribution in [-0.2, 0) is 27.5 Å². The normalized spacial score (nSPS) is 12.0. The minimum atomic E-state index is -4.49. The molecule has 0 aliphatic rings. The fourth-order valence-corrected chi connectivity index (χ4v) is 3.46. The van der Waals surface area contributed by atoms with E-state index >= 15 is 0 Å². The molecule has 0 radical (unpaired) electrons. The Bertz CT molecular complexity index is 974. The minimum absolute atomic E-state index is 0.0523. The lowest BCUT2D eigenvalue weighted by molar-refractivity contribution is -0.137. The van der Waals surface area contributed by atoms with Crippen LogP contribution in [0.5, 0.6) is 5.75 Å². The first kappa shape index (κ1) is 23.5. The quantitative estimate of drug-likeness (QED) is 0.676. The maximum absolute atomic E-state index is 12.8. The molecular formula is C20H23F3N2O4S. The van der Waals surface area contributed by atoms with E-state index < -0.39 is 34.2 Å². The van der Waals surface area contributed by atoms with Gasteiger partial charge in [-0.2, -0.15) is 13.2 Å². The van der Waals surface area contributed by atoms with E-state index in [1.165, 1.54) is 24.3 Å². The Morgan fingerprint density at radius 2 is 1.77 bits per heavy atom. The van der Waals surface area contributed by atoms with E-state index in [9.17, 15) is 26.4 Å². The van der Waals surface area contributed by atoms with Gasteiger partial charge in [-0.25, -0.2) is 8.42 Å². The summed E-state index contributed by atoms with van der Waals surface area (Å²) in [7, 11) is -3.78. The number of hydrogen-bond donors (Lipinski definition) is 1. The average Bonchev–Trinajstić information content (AvgIpc) is 2.63. The van der Waals surface area contributed by atoms with Crippen LogP contribution < -0.4 is 14.4 Å². The Morgan fingerprint density at radius 3 is 2.30 bits per heavy atom. The summed E-state index contributed by atoms with van der Waals surface area (Å²) >= 11 is 0. The molecule has 164 valence electrons. The van der Waals surface area contributed by atoms with Crippen LogP contribution in [0.1, 0.15) is 25.0 Å². The van der Waals surface area contributed by atoms with Crippen LogP contribution >= 0.6 is 0 Å². The third kappa shape index (κ3) is 6.94. The number of ether oxygens (including phenoxy) is 1. The van der Waals surface area contributed by atoms with Crippen molar-refractivity contribution in [3.63, 3.8) is 0 Å². The molecular weight excluding hydrogens is 421 g/mol. The number of carbonyl (C=O) groups excluding carboxylic acids is 1. The van der Waals surface area contributed by atoms with Crippen LogP contribution in [0.4, 0.5) is 18.9 Å². The first-order valence-corrected chi connectivity index (χ1v) is 10.9. The second kappa shape index (κ2) is 9.38. The van der Waals surface area contributed by atoms with Crippen molar-refractivity contribution in [2.24, 2.45) is 0 Å². The highest BCUT2D eigenvalue weighted by atomic mass is 32.2. The zero-order valence-electron chi connectivity index (χ0n) is 16.7. The lowest BCUT2D eigenvalue weighted by Gasteiger charge is -2.22. The van der Waals surface area contributed by atoms with Crippen molar-refractivity contribution in [3.05, 3.63) is 59.7 Å². The van der Waals surface area contributed by atoms with Crippen LogP contribution in [0, 0.1) is 0 Å². The minimum Gasteiger partial charge on any atom is -0.491 e. The Balaban J connectivity index is 2.08. The fraction of sp³-hybridized carbons (Fsp3) is 0.350.